The van der Waals surface area contributed by atoms with Crippen molar-refractivity contribution >= 4 is 29.7 Å². The van der Waals surface area contributed by atoms with E-state index < -0.39 is 60.2 Å². The second-order valence-electron chi connectivity index (χ2n) is 8.40. The fourth-order valence-corrected chi connectivity index (χ4v) is 3.21. The number of hydrogen-bond donors (Lipinski definition) is 8. The average molecular weight is 510 g/mol. The smallest absolute Gasteiger partial charge is 0.326 e. The predicted octanol–water partition coefficient (Wildman–Crippen LogP) is -1.19. The number of nitrogens with one attached hydrogen (secondary N) is 3. The molecule has 0 radical (unpaired) electrons. The maximum absolute atomic E-state index is 13.1. The highest BCUT2D eigenvalue weighted by Crippen LogP contribution is 2.12. The van der Waals surface area contributed by atoms with Crippen molar-refractivity contribution in [2.45, 2.75) is 69.6 Å². The van der Waals surface area contributed by atoms with Gasteiger partial charge < -0.3 is 42.7 Å². The number of phenols is 1. The first-order valence-electron chi connectivity index (χ1n) is 11.5. The molecule has 0 aliphatic rings. The summed E-state index contributed by atoms with van der Waals surface area (Å²) in [6.45, 7) is 1.75. The van der Waals surface area contributed by atoms with Gasteiger partial charge in [0, 0.05) is 12.8 Å². The molecule has 0 aliphatic heterocycles. The molecule has 4 atom stereocenters. The molecule has 0 saturated carbocycles. The highest BCUT2D eigenvalue weighted by molar-refractivity contribution is 5.94. The van der Waals surface area contributed by atoms with Gasteiger partial charge in [0.05, 0.1) is 6.04 Å². The Morgan fingerprint density at radius 2 is 1.39 bits per heavy atom. The fraction of sp³-hybridized carbons (Fsp3) is 0.522. The number of aliphatic carboxylic acids is 2. The van der Waals surface area contributed by atoms with Crippen LogP contribution in [0.5, 0.6) is 5.75 Å². The second-order valence-corrected chi connectivity index (χ2v) is 8.40. The van der Waals surface area contributed by atoms with Gasteiger partial charge in [0.15, 0.2) is 0 Å². The van der Waals surface area contributed by atoms with E-state index in [-0.39, 0.29) is 25.0 Å². The summed E-state index contributed by atoms with van der Waals surface area (Å²) in [4.78, 5) is 60.8. The lowest BCUT2D eigenvalue weighted by atomic mass is 10.0. The summed E-state index contributed by atoms with van der Waals surface area (Å²) in [6, 6.07) is 1.08. The van der Waals surface area contributed by atoms with E-state index in [1.165, 1.54) is 31.2 Å². The molecule has 13 heteroatoms. The molecule has 0 aliphatic carbocycles. The number of carboxylic acids is 2. The number of carbonyl (C=O) groups excluding carboxylic acids is 3. The van der Waals surface area contributed by atoms with Gasteiger partial charge in [0.25, 0.3) is 0 Å². The number of nitrogens with two attached hydrogens (primary N) is 2. The van der Waals surface area contributed by atoms with Gasteiger partial charge >= 0.3 is 11.9 Å². The third-order valence-corrected chi connectivity index (χ3v) is 5.26. The molecule has 1 rings (SSSR count). The first-order valence-corrected chi connectivity index (χ1v) is 11.5. The Labute approximate surface area is 208 Å². The fourth-order valence-electron chi connectivity index (χ4n) is 3.21. The highest BCUT2D eigenvalue weighted by Gasteiger charge is 2.30. The predicted molar refractivity (Wildman–Crippen MR) is 129 cm³/mol. The lowest BCUT2D eigenvalue weighted by molar-refractivity contribution is -0.142. The van der Waals surface area contributed by atoms with Gasteiger partial charge in [-0.15, -0.1) is 0 Å². The Balaban J connectivity index is 3.12. The average Bonchev–Trinajstić information content (AvgIpc) is 2.81. The number of unbranched alkanes of at least 4 members (excludes halogenated alkanes) is 1. The topological polar surface area (TPSA) is 234 Å². The number of hydrogen-bond acceptors (Lipinski definition) is 8. The van der Waals surface area contributed by atoms with Crippen LogP contribution in [0.4, 0.5) is 0 Å². The Hall–Kier alpha value is -3.71. The zero-order valence-electron chi connectivity index (χ0n) is 20.1. The Morgan fingerprint density at radius 1 is 0.833 bits per heavy atom. The molecule has 1 aromatic rings. The summed E-state index contributed by atoms with van der Waals surface area (Å²) in [5.74, 6) is -4.76. The van der Waals surface area contributed by atoms with E-state index in [0.717, 1.165) is 0 Å². The molecule has 0 fully saturated rings. The van der Waals surface area contributed by atoms with Crippen LogP contribution < -0.4 is 27.4 Å². The Bertz CT molecular complexity index is 906. The van der Waals surface area contributed by atoms with E-state index in [1.54, 1.807) is 0 Å². The molecule has 0 spiro atoms. The van der Waals surface area contributed by atoms with Crippen LogP contribution in [0, 0.1) is 0 Å². The van der Waals surface area contributed by atoms with Gasteiger partial charge in [-0.05, 0) is 56.8 Å². The number of carbonyl (C=O) groups is 5. The molecular weight excluding hydrogens is 474 g/mol. The van der Waals surface area contributed by atoms with Crippen LogP contribution in [-0.4, -0.2) is 75.7 Å². The molecule has 0 bridgehead atoms. The second kappa shape index (κ2) is 15.3. The third kappa shape index (κ3) is 11.1. The van der Waals surface area contributed by atoms with Crippen LogP contribution in [0.3, 0.4) is 0 Å². The Kier molecular flexibility index (Phi) is 12.9. The molecule has 36 heavy (non-hydrogen) atoms. The van der Waals surface area contributed by atoms with Crippen molar-refractivity contribution < 1.29 is 39.3 Å². The molecular formula is C23H35N5O8. The van der Waals surface area contributed by atoms with Gasteiger partial charge in [-0.1, -0.05) is 12.1 Å². The normalized spacial score (nSPS) is 14.1. The number of phenolic OH excluding ortho intramolecular Hbond substituents is 1. The molecule has 10 N–H and O–H groups in total. The minimum Gasteiger partial charge on any atom is -0.508 e. The largest absolute Gasteiger partial charge is 0.508 e. The van der Waals surface area contributed by atoms with Crippen molar-refractivity contribution in [2.24, 2.45) is 11.5 Å². The van der Waals surface area contributed by atoms with Crippen LogP contribution in [0.2, 0.25) is 0 Å². The maximum atomic E-state index is 13.1. The van der Waals surface area contributed by atoms with Gasteiger partial charge in [-0.2, -0.15) is 0 Å². The zero-order valence-corrected chi connectivity index (χ0v) is 20.1. The van der Waals surface area contributed by atoms with Gasteiger partial charge in [0.1, 0.15) is 23.9 Å². The van der Waals surface area contributed by atoms with Crippen LogP contribution in [0.25, 0.3) is 0 Å². The van der Waals surface area contributed by atoms with E-state index in [1.807, 2.05) is 0 Å². The van der Waals surface area contributed by atoms with E-state index >= 15 is 0 Å². The van der Waals surface area contributed by atoms with Crippen LogP contribution in [0.15, 0.2) is 24.3 Å². The molecule has 1 aromatic carbocycles. The maximum Gasteiger partial charge on any atom is 0.326 e. The number of benzene rings is 1. The van der Waals surface area contributed by atoms with E-state index in [4.69, 9.17) is 16.6 Å². The molecule has 0 heterocycles. The monoisotopic (exact) mass is 509 g/mol. The standard InChI is InChI=1S/C23H35N5O8/c1-13(25)20(32)26-16(9-10-19(30)31)21(33)28-18(12-14-5-7-15(29)8-6-14)22(34)27-17(23(35)36)4-2-3-11-24/h5-8,13,16-18,29H,2-4,9-12,24-25H2,1H3,(H,26,32)(H,27,34)(H,28,33)(H,30,31)(H,35,36). The lowest BCUT2D eigenvalue weighted by Gasteiger charge is -2.25. The number of aromatic hydroxyl groups is 1. The molecule has 200 valence electrons. The molecule has 0 aromatic heterocycles. The van der Waals surface area contributed by atoms with Crippen LogP contribution in [-0.2, 0) is 30.4 Å². The van der Waals surface area contributed by atoms with Crippen molar-refractivity contribution in [2.75, 3.05) is 6.54 Å². The first-order chi connectivity index (χ1) is 16.9. The minimum atomic E-state index is -1.30. The van der Waals surface area contributed by atoms with E-state index in [2.05, 4.69) is 16.0 Å². The van der Waals surface area contributed by atoms with Gasteiger partial charge in [-0.3, -0.25) is 19.2 Å². The lowest BCUT2D eigenvalue weighted by Crippen LogP contribution is -2.57. The summed E-state index contributed by atoms with van der Waals surface area (Å²) < 4.78 is 0. The van der Waals surface area contributed by atoms with Crippen LogP contribution in [0.1, 0.15) is 44.6 Å². The SMILES string of the molecule is CC(N)C(=O)NC(CCC(=O)O)C(=O)NC(Cc1ccc(O)cc1)C(=O)NC(CCCCN)C(=O)O. The number of rotatable bonds is 16. The Morgan fingerprint density at radius 3 is 1.92 bits per heavy atom. The number of amides is 3. The number of carboxylic acid groups (broad SMARTS) is 2. The van der Waals surface area contributed by atoms with E-state index in [9.17, 15) is 34.2 Å². The van der Waals surface area contributed by atoms with Gasteiger partial charge in [-0.25, -0.2) is 4.79 Å². The molecule has 0 saturated heterocycles. The van der Waals surface area contributed by atoms with Crippen LogP contribution >= 0.6 is 0 Å². The third-order valence-electron chi connectivity index (χ3n) is 5.26. The summed E-state index contributed by atoms with van der Waals surface area (Å²) in [7, 11) is 0. The quantitative estimate of drug-likeness (QED) is 0.124. The van der Waals surface area contributed by atoms with Crippen molar-refractivity contribution in [3.63, 3.8) is 0 Å². The van der Waals surface area contributed by atoms with Crippen molar-refractivity contribution in [1.29, 1.82) is 0 Å². The molecule has 13 nitrogen and oxygen atoms in total. The summed E-state index contributed by atoms with van der Waals surface area (Å²) >= 11 is 0. The highest BCUT2D eigenvalue weighted by atomic mass is 16.4. The molecule has 3 amide bonds. The first kappa shape index (κ1) is 30.3. The van der Waals surface area contributed by atoms with Crippen molar-refractivity contribution in [3.05, 3.63) is 29.8 Å². The van der Waals surface area contributed by atoms with Gasteiger partial charge in [0.2, 0.25) is 17.7 Å². The summed E-state index contributed by atoms with van der Waals surface area (Å²) in [6.07, 6.45) is 0.392. The summed E-state index contributed by atoms with van der Waals surface area (Å²) in [5.41, 5.74) is 11.5. The summed E-state index contributed by atoms with van der Waals surface area (Å²) in [5, 5.41) is 35.3. The zero-order chi connectivity index (χ0) is 27.3. The van der Waals surface area contributed by atoms with E-state index in [0.29, 0.717) is 24.9 Å². The van der Waals surface area contributed by atoms with Crippen molar-refractivity contribution in [3.8, 4) is 5.75 Å². The minimum absolute atomic E-state index is 0.0121. The van der Waals surface area contributed by atoms with Crippen molar-refractivity contribution in [1.82, 2.24) is 16.0 Å². The molecule has 4 unspecified atom stereocenters.